The maximum Gasteiger partial charge on any atom is 0.330 e. The lowest BCUT2D eigenvalue weighted by atomic mass is 9.98. The van der Waals surface area contributed by atoms with E-state index < -0.39 is 11.9 Å². The van der Waals surface area contributed by atoms with Crippen LogP contribution >= 0.6 is 0 Å². The number of isocyanates is 1. The minimum absolute atomic E-state index is 0.0648. The second-order valence-corrected chi connectivity index (χ2v) is 11.1. The van der Waals surface area contributed by atoms with Crippen LogP contribution in [0.5, 0.6) is 0 Å². The van der Waals surface area contributed by atoms with Gasteiger partial charge >= 0.3 is 17.9 Å². The van der Waals surface area contributed by atoms with Gasteiger partial charge in [0.05, 0.1) is 19.8 Å². The van der Waals surface area contributed by atoms with Gasteiger partial charge in [0.1, 0.15) is 13.2 Å². The number of nitrogens with zero attached hydrogens (tertiary/aromatic N) is 1. The van der Waals surface area contributed by atoms with Crippen LogP contribution < -0.4 is 0 Å². The molecule has 0 spiro atoms. The number of esters is 3. The molecule has 6 rings (SSSR count). The first-order valence-electron chi connectivity index (χ1n) is 16.2. The van der Waals surface area contributed by atoms with Crippen LogP contribution in [0.4, 0.5) is 0 Å². The van der Waals surface area contributed by atoms with E-state index in [0.29, 0.717) is 13.0 Å². The van der Waals surface area contributed by atoms with Crippen molar-refractivity contribution < 1.29 is 38.5 Å². The Morgan fingerprint density at radius 1 is 0.660 bits per heavy atom. The van der Waals surface area contributed by atoms with Crippen molar-refractivity contribution in [1.29, 1.82) is 0 Å². The van der Waals surface area contributed by atoms with E-state index >= 15 is 0 Å². The molecule has 1 N–H and O–H groups in total. The number of carbonyl (C=O) groups excluding carboxylic acids is 4. The van der Waals surface area contributed by atoms with Gasteiger partial charge in [0, 0.05) is 30.4 Å². The third-order valence-corrected chi connectivity index (χ3v) is 8.13. The molecule has 0 atom stereocenters. The summed E-state index contributed by atoms with van der Waals surface area (Å²) in [5, 5.41) is 9.46. The van der Waals surface area contributed by atoms with Crippen molar-refractivity contribution in [3.05, 3.63) is 145 Å². The van der Waals surface area contributed by atoms with Crippen LogP contribution in [0.3, 0.4) is 0 Å². The van der Waals surface area contributed by atoms with Crippen LogP contribution in [0.25, 0.3) is 22.3 Å². The summed E-state index contributed by atoms with van der Waals surface area (Å²) in [5.74, 6) is -1.04. The Morgan fingerprint density at radius 3 is 1.50 bits per heavy atom. The van der Waals surface area contributed by atoms with Gasteiger partial charge in [-0.25, -0.2) is 19.4 Å². The lowest BCUT2D eigenvalue weighted by molar-refractivity contribution is -0.145. The number of hydrogen-bond acceptors (Lipinski definition) is 9. The molecular formula is C41H39NO8. The molecule has 0 fully saturated rings. The fourth-order valence-corrected chi connectivity index (χ4v) is 5.89. The molecular weight excluding hydrogens is 634 g/mol. The number of aliphatic hydroxyl groups excluding tert-OH is 1. The lowest BCUT2D eigenvalue weighted by Crippen LogP contribution is -2.13. The number of benzene rings is 4. The Bertz CT molecular complexity index is 1770. The predicted molar refractivity (Wildman–Crippen MR) is 190 cm³/mol. The van der Waals surface area contributed by atoms with Crippen molar-refractivity contribution in [1.82, 2.24) is 0 Å². The van der Waals surface area contributed by atoms with Crippen LogP contribution in [-0.4, -0.2) is 62.1 Å². The smallest absolute Gasteiger partial charge is 0.330 e. The highest BCUT2D eigenvalue weighted by Crippen LogP contribution is 2.45. The summed E-state index contributed by atoms with van der Waals surface area (Å²) in [6.07, 6.45) is 4.13. The molecule has 0 aliphatic heterocycles. The summed E-state index contributed by atoms with van der Waals surface area (Å²) in [6, 6.07) is 33.1. The molecule has 0 amide bonds. The first-order chi connectivity index (χ1) is 24.4. The van der Waals surface area contributed by atoms with Gasteiger partial charge in [-0.15, -0.1) is 0 Å². The van der Waals surface area contributed by atoms with Crippen molar-refractivity contribution in [2.75, 3.05) is 33.0 Å². The molecule has 2 aliphatic carbocycles. The first kappa shape index (κ1) is 36.9. The highest BCUT2D eigenvalue weighted by atomic mass is 16.5. The molecule has 4 aromatic carbocycles. The van der Waals surface area contributed by atoms with Crippen molar-refractivity contribution in [3.8, 4) is 22.3 Å². The molecule has 0 saturated carbocycles. The second kappa shape index (κ2) is 19.2. The van der Waals surface area contributed by atoms with Gasteiger partial charge in [0.15, 0.2) is 0 Å². The van der Waals surface area contributed by atoms with Crippen LogP contribution in [-0.2, 0) is 33.4 Å². The number of fused-ring (bicyclic) bond motifs is 6. The van der Waals surface area contributed by atoms with E-state index in [1.807, 2.05) is 36.4 Å². The monoisotopic (exact) mass is 673 g/mol. The average molecular weight is 674 g/mol. The van der Waals surface area contributed by atoms with E-state index in [9.17, 15) is 24.3 Å². The maximum atomic E-state index is 12.0. The second-order valence-electron chi connectivity index (χ2n) is 11.1. The molecule has 2 aliphatic rings. The number of aliphatic hydroxyl groups is 1. The molecule has 4 aromatic rings. The van der Waals surface area contributed by atoms with Crippen LogP contribution in [0.15, 0.2) is 127 Å². The highest BCUT2D eigenvalue weighted by molar-refractivity contribution is 5.82. The standard InChI is InChI=1S/C21H20O4.C14H12O.C6H7NO3/c1-2-20(22)24-13-7-12-21(23)25-14-19-17-10-5-3-8-15(17)16-9-4-6-11-18(16)19;15-9-14-12-7-3-1-5-10(12)11-6-2-4-8-13(11)14;1-2-6(9)10-4-3-7-5-8/h2-6,8-11,19H,1,7,12-14H2;1-8,14-15H,9H2;2H,1,3-4H2. The van der Waals surface area contributed by atoms with Gasteiger partial charge in [0.25, 0.3) is 0 Å². The van der Waals surface area contributed by atoms with Crippen LogP contribution in [0.2, 0.25) is 0 Å². The SMILES string of the molecule is C=CC(=O)OCCCC(=O)OCC1c2ccccc2-c2ccccc21.C=CC(=O)OCCN=C=O.OCC1c2ccccc2-c2ccccc21. The number of carbonyl (C=O) groups is 3. The molecule has 0 bridgehead atoms. The number of hydrogen-bond donors (Lipinski definition) is 1. The third kappa shape index (κ3) is 9.60. The minimum atomic E-state index is -0.513. The number of ether oxygens (including phenoxy) is 3. The molecule has 0 unspecified atom stereocenters. The number of aliphatic imine (C=N–C) groups is 1. The van der Waals surface area contributed by atoms with Gasteiger partial charge in [-0.05, 0) is 50.9 Å². The first-order valence-corrected chi connectivity index (χ1v) is 16.2. The minimum Gasteiger partial charge on any atom is -0.465 e. The third-order valence-electron chi connectivity index (χ3n) is 8.13. The van der Waals surface area contributed by atoms with E-state index in [1.54, 1.807) is 0 Å². The lowest BCUT2D eigenvalue weighted by Gasteiger charge is -2.14. The van der Waals surface area contributed by atoms with E-state index in [2.05, 4.69) is 83.6 Å². The normalized spacial score (nSPS) is 11.7. The molecule has 9 heteroatoms. The Kier molecular flexibility index (Phi) is 14.2. The highest BCUT2D eigenvalue weighted by Gasteiger charge is 2.29. The Hall–Kier alpha value is -5.89. The summed E-state index contributed by atoms with van der Waals surface area (Å²) >= 11 is 0. The fraction of sp³-hybridized carbons (Fsp3) is 0.220. The van der Waals surface area contributed by atoms with E-state index in [1.165, 1.54) is 50.6 Å². The van der Waals surface area contributed by atoms with Crippen LogP contribution in [0.1, 0.15) is 46.9 Å². The van der Waals surface area contributed by atoms with Gasteiger partial charge in [-0.1, -0.05) is 110 Å². The molecule has 0 saturated heterocycles. The maximum absolute atomic E-state index is 12.0. The van der Waals surface area contributed by atoms with Gasteiger partial charge < -0.3 is 19.3 Å². The summed E-state index contributed by atoms with van der Waals surface area (Å²) in [7, 11) is 0. The zero-order valence-electron chi connectivity index (χ0n) is 27.7. The molecule has 256 valence electrons. The average Bonchev–Trinajstić information content (AvgIpc) is 3.67. The fourth-order valence-electron chi connectivity index (χ4n) is 5.89. The Labute approximate surface area is 291 Å². The molecule has 9 nitrogen and oxygen atoms in total. The molecule has 0 heterocycles. The van der Waals surface area contributed by atoms with E-state index in [0.717, 1.165) is 12.2 Å². The van der Waals surface area contributed by atoms with E-state index in [-0.39, 0.29) is 50.6 Å². The predicted octanol–water partition coefficient (Wildman–Crippen LogP) is 6.69. The zero-order valence-corrected chi connectivity index (χ0v) is 27.7. The van der Waals surface area contributed by atoms with Crippen molar-refractivity contribution in [3.63, 3.8) is 0 Å². The van der Waals surface area contributed by atoms with Gasteiger partial charge in [-0.2, -0.15) is 0 Å². The topological polar surface area (TPSA) is 129 Å². The zero-order chi connectivity index (χ0) is 35.7. The summed E-state index contributed by atoms with van der Waals surface area (Å²) in [4.78, 5) is 45.8. The summed E-state index contributed by atoms with van der Waals surface area (Å²) < 4.78 is 14.8. The molecule has 0 aromatic heterocycles. The van der Waals surface area contributed by atoms with E-state index in [4.69, 9.17) is 9.47 Å². The van der Waals surface area contributed by atoms with Crippen molar-refractivity contribution in [2.45, 2.75) is 24.7 Å². The number of rotatable bonds is 12. The molecule has 0 radical (unpaired) electrons. The Morgan fingerprint density at radius 2 is 1.08 bits per heavy atom. The Balaban J connectivity index is 0.000000190. The van der Waals surface area contributed by atoms with Crippen molar-refractivity contribution >= 4 is 24.0 Å². The van der Waals surface area contributed by atoms with Gasteiger partial charge in [0.2, 0.25) is 6.08 Å². The summed E-state index contributed by atoms with van der Waals surface area (Å²) in [6.45, 7) is 7.45. The summed E-state index contributed by atoms with van der Waals surface area (Å²) in [5.41, 5.74) is 9.83. The largest absolute Gasteiger partial charge is 0.465 e. The van der Waals surface area contributed by atoms with Crippen molar-refractivity contribution in [2.24, 2.45) is 4.99 Å². The van der Waals surface area contributed by atoms with Crippen LogP contribution in [0, 0.1) is 0 Å². The quantitative estimate of drug-likeness (QED) is 0.0440. The molecule has 50 heavy (non-hydrogen) atoms. The van der Waals surface area contributed by atoms with Gasteiger partial charge in [-0.3, -0.25) is 4.79 Å².